The van der Waals surface area contributed by atoms with Crippen LogP contribution < -0.4 is 15.0 Å². The molecule has 0 aliphatic carbocycles. The molecular formula is C28H31ClN8O2. The molecular weight excluding hydrogens is 516 g/mol. The van der Waals surface area contributed by atoms with Gasteiger partial charge in [0, 0.05) is 63.8 Å². The quantitative estimate of drug-likeness (QED) is 0.303. The van der Waals surface area contributed by atoms with Crippen LogP contribution in [0.25, 0.3) is 5.95 Å². The lowest BCUT2D eigenvalue weighted by atomic mass is 10.1. The lowest BCUT2D eigenvalue weighted by Crippen LogP contribution is -2.54. The SMILES string of the molecule is COc1ccc(CCNC(=O)CC2CN(Cc3ccccn3)CCN2c2cc(Cl)nc(-n3ccnc3)n2)cc1. The first-order valence-corrected chi connectivity index (χ1v) is 13.3. The Balaban J connectivity index is 1.29. The third-order valence-corrected chi connectivity index (χ3v) is 6.89. The Bertz CT molecular complexity index is 1350. The van der Waals surface area contributed by atoms with Gasteiger partial charge in [-0.05, 0) is 36.2 Å². The molecule has 5 rings (SSSR count). The standard InChI is InChI=1S/C28H31ClN8O2/c1-39-24-7-5-21(6-8-24)9-11-32-27(38)16-23-19-35(18-22-4-2-3-10-31-22)14-15-37(23)26-17-25(29)33-28(34-26)36-13-12-30-20-36/h2-8,10,12-13,17,20,23H,9,11,14-16,18-19H2,1H3,(H,32,38). The average Bonchev–Trinajstić information content (AvgIpc) is 3.49. The molecule has 1 aromatic carbocycles. The number of carbonyl (C=O) groups excluding carboxylic acids is 1. The van der Waals surface area contributed by atoms with Crippen LogP contribution in [-0.4, -0.2) is 74.6 Å². The zero-order valence-corrected chi connectivity index (χ0v) is 22.5. The number of carbonyl (C=O) groups is 1. The van der Waals surface area contributed by atoms with Gasteiger partial charge in [-0.2, -0.15) is 4.98 Å². The Morgan fingerprint density at radius 3 is 2.74 bits per heavy atom. The van der Waals surface area contributed by atoms with Gasteiger partial charge in [-0.15, -0.1) is 0 Å². The Labute approximate surface area is 232 Å². The number of ether oxygens (including phenoxy) is 1. The Morgan fingerprint density at radius 2 is 2.00 bits per heavy atom. The predicted molar refractivity (Wildman–Crippen MR) is 149 cm³/mol. The summed E-state index contributed by atoms with van der Waals surface area (Å²) in [5.74, 6) is 1.94. The van der Waals surface area contributed by atoms with Crippen molar-refractivity contribution in [3.63, 3.8) is 0 Å². The number of piperazine rings is 1. The summed E-state index contributed by atoms with van der Waals surface area (Å²) in [4.78, 5) is 35.3. The zero-order chi connectivity index (χ0) is 27.0. The largest absolute Gasteiger partial charge is 0.497 e. The fraction of sp³-hybridized carbons (Fsp3) is 0.321. The molecule has 0 radical (unpaired) electrons. The number of nitrogens with zero attached hydrogens (tertiary/aromatic N) is 7. The molecule has 1 aliphatic heterocycles. The van der Waals surface area contributed by atoms with E-state index in [9.17, 15) is 4.79 Å². The first kappa shape index (κ1) is 26.6. The monoisotopic (exact) mass is 546 g/mol. The molecule has 1 atom stereocenters. The van der Waals surface area contributed by atoms with Crippen molar-refractivity contribution in [2.24, 2.45) is 0 Å². The summed E-state index contributed by atoms with van der Waals surface area (Å²) in [6, 6.07) is 15.5. The van der Waals surface area contributed by atoms with E-state index in [0.29, 0.717) is 43.0 Å². The number of nitrogens with one attached hydrogen (secondary N) is 1. The molecule has 11 heteroatoms. The second-order valence-electron chi connectivity index (χ2n) is 9.37. The van der Waals surface area contributed by atoms with E-state index >= 15 is 0 Å². The normalized spacial score (nSPS) is 15.7. The molecule has 1 amide bonds. The van der Waals surface area contributed by atoms with Crippen molar-refractivity contribution >= 4 is 23.3 Å². The van der Waals surface area contributed by atoms with Crippen molar-refractivity contribution in [1.82, 2.24) is 34.7 Å². The third kappa shape index (κ3) is 7.10. The fourth-order valence-corrected chi connectivity index (χ4v) is 4.89. The van der Waals surface area contributed by atoms with E-state index in [4.69, 9.17) is 21.3 Å². The number of anilines is 1. The van der Waals surface area contributed by atoms with Gasteiger partial charge in [0.2, 0.25) is 11.9 Å². The minimum Gasteiger partial charge on any atom is -0.497 e. The smallest absolute Gasteiger partial charge is 0.238 e. The summed E-state index contributed by atoms with van der Waals surface area (Å²) in [6.07, 6.45) is 7.94. The number of hydrogen-bond acceptors (Lipinski definition) is 8. The summed E-state index contributed by atoms with van der Waals surface area (Å²) in [5, 5.41) is 3.43. The van der Waals surface area contributed by atoms with Crippen molar-refractivity contribution in [3.8, 4) is 11.7 Å². The number of aromatic nitrogens is 5. The highest BCUT2D eigenvalue weighted by Gasteiger charge is 2.30. The highest BCUT2D eigenvalue weighted by molar-refractivity contribution is 6.29. The van der Waals surface area contributed by atoms with Crippen LogP contribution in [0.1, 0.15) is 17.7 Å². The molecule has 3 aromatic heterocycles. The lowest BCUT2D eigenvalue weighted by molar-refractivity contribution is -0.121. The highest BCUT2D eigenvalue weighted by Crippen LogP contribution is 2.25. The van der Waals surface area contributed by atoms with E-state index in [-0.39, 0.29) is 11.9 Å². The molecule has 39 heavy (non-hydrogen) atoms. The van der Waals surface area contributed by atoms with Gasteiger partial charge in [0.05, 0.1) is 18.8 Å². The molecule has 10 nitrogen and oxygen atoms in total. The van der Waals surface area contributed by atoms with E-state index in [0.717, 1.165) is 36.5 Å². The van der Waals surface area contributed by atoms with Crippen molar-refractivity contribution in [1.29, 1.82) is 0 Å². The van der Waals surface area contributed by atoms with Crippen LogP contribution in [0.2, 0.25) is 5.15 Å². The van der Waals surface area contributed by atoms with Gasteiger partial charge in [0.1, 0.15) is 23.0 Å². The molecule has 4 aromatic rings. The van der Waals surface area contributed by atoms with Crippen LogP contribution >= 0.6 is 11.6 Å². The Hall–Kier alpha value is -4.02. The van der Waals surface area contributed by atoms with E-state index in [1.807, 2.05) is 42.5 Å². The van der Waals surface area contributed by atoms with Gasteiger partial charge < -0.3 is 15.0 Å². The average molecular weight is 547 g/mol. The number of imidazole rings is 1. The van der Waals surface area contributed by atoms with Gasteiger partial charge in [-0.1, -0.05) is 29.8 Å². The molecule has 1 saturated heterocycles. The van der Waals surface area contributed by atoms with Crippen LogP contribution in [0.5, 0.6) is 5.75 Å². The maximum Gasteiger partial charge on any atom is 0.238 e. The van der Waals surface area contributed by atoms with Crippen LogP contribution in [0.4, 0.5) is 5.82 Å². The molecule has 0 spiro atoms. The number of pyridine rings is 1. The number of benzene rings is 1. The molecule has 202 valence electrons. The Morgan fingerprint density at radius 1 is 1.13 bits per heavy atom. The van der Waals surface area contributed by atoms with Gasteiger partial charge in [-0.3, -0.25) is 19.2 Å². The van der Waals surface area contributed by atoms with Crippen molar-refractivity contribution in [2.45, 2.75) is 25.4 Å². The van der Waals surface area contributed by atoms with Crippen LogP contribution in [-0.2, 0) is 17.8 Å². The molecule has 1 aliphatic rings. The molecule has 1 fully saturated rings. The van der Waals surface area contributed by atoms with Gasteiger partial charge in [-0.25, -0.2) is 9.97 Å². The van der Waals surface area contributed by atoms with Gasteiger partial charge >= 0.3 is 0 Å². The number of hydrogen-bond donors (Lipinski definition) is 1. The van der Waals surface area contributed by atoms with Gasteiger partial charge in [0.15, 0.2) is 0 Å². The molecule has 0 saturated carbocycles. The van der Waals surface area contributed by atoms with E-state index in [1.165, 1.54) is 0 Å². The molecule has 0 bridgehead atoms. The van der Waals surface area contributed by atoms with E-state index in [1.54, 1.807) is 42.7 Å². The highest BCUT2D eigenvalue weighted by atomic mass is 35.5. The number of amides is 1. The van der Waals surface area contributed by atoms with Gasteiger partial charge in [0.25, 0.3) is 0 Å². The van der Waals surface area contributed by atoms with Crippen LogP contribution in [0.3, 0.4) is 0 Å². The van der Waals surface area contributed by atoms with E-state index < -0.39 is 0 Å². The molecule has 1 unspecified atom stereocenters. The maximum absolute atomic E-state index is 13.1. The number of methoxy groups -OCH3 is 1. The lowest BCUT2D eigenvalue weighted by Gasteiger charge is -2.42. The fourth-order valence-electron chi connectivity index (χ4n) is 4.72. The second-order valence-corrected chi connectivity index (χ2v) is 9.76. The second kappa shape index (κ2) is 12.7. The maximum atomic E-state index is 13.1. The Kier molecular flexibility index (Phi) is 8.65. The molecule has 4 heterocycles. The summed E-state index contributed by atoms with van der Waals surface area (Å²) in [6.45, 7) is 3.45. The number of halogens is 1. The first-order chi connectivity index (χ1) is 19.1. The molecule has 1 N–H and O–H groups in total. The van der Waals surface area contributed by atoms with Crippen molar-refractivity contribution < 1.29 is 9.53 Å². The summed E-state index contributed by atoms with van der Waals surface area (Å²) in [5.41, 5.74) is 2.14. The summed E-state index contributed by atoms with van der Waals surface area (Å²) >= 11 is 6.40. The summed E-state index contributed by atoms with van der Waals surface area (Å²) in [7, 11) is 1.65. The summed E-state index contributed by atoms with van der Waals surface area (Å²) < 4.78 is 6.94. The topological polar surface area (TPSA) is 101 Å². The van der Waals surface area contributed by atoms with Crippen LogP contribution in [0, 0.1) is 0 Å². The first-order valence-electron chi connectivity index (χ1n) is 12.9. The van der Waals surface area contributed by atoms with Crippen molar-refractivity contribution in [2.75, 3.05) is 38.2 Å². The third-order valence-electron chi connectivity index (χ3n) is 6.69. The minimum atomic E-state index is -0.106. The predicted octanol–water partition coefficient (Wildman–Crippen LogP) is 3.16. The zero-order valence-electron chi connectivity index (χ0n) is 21.8. The van der Waals surface area contributed by atoms with Crippen molar-refractivity contribution in [3.05, 3.63) is 89.9 Å². The minimum absolute atomic E-state index is 0.00631. The van der Waals surface area contributed by atoms with Crippen LogP contribution in [0.15, 0.2) is 73.4 Å². The van der Waals surface area contributed by atoms with E-state index in [2.05, 4.69) is 30.1 Å². The number of rotatable bonds is 10.